The van der Waals surface area contributed by atoms with Crippen molar-refractivity contribution in [1.82, 2.24) is 10.6 Å². The monoisotopic (exact) mass is 328 g/mol. The maximum Gasteiger partial charge on any atom is 0.315 e. The highest BCUT2D eigenvalue weighted by Crippen LogP contribution is 2.09. The van der Waals surface area contributed by atoms with Gasteiger partial charge in [-0.3, -0.25) is 0 Å². The minimum atomic E-state index is -0.146. The molecule has 5 heteroatoms. The summed E-state index contributed by atoms with van der Waals surface area (Å²) >= 11 is 3.37. The van der Waals surface area contributed by atoms with E-state index in [1.807, 2.05) is 38.1 Å². The van der Waals surface area contributed by atoms with Crippen molar-refractivity contribution in [2.24, 2.45) is 0 Å². The van der Waals surface area contributed by atoms with Crippen LogP contribution in [0.2, 0.25) is 0 Å². The average Bonchev–Trinajstić information content (AvgIpc) is 2.37. The Balaban J connectivity index is 2.09. The van der Waals surface area contributed by atoms with Crippen molar-refractivity contribution >= 4 is 22.0 Å². The number of urea groups is 1. The van der Waals surface area contributed by atoms with E-state index in [1.54, 1.807) is 0 Å². The van der Waals surface area contributed by atoms with Crippen molar-refractivity contribution in [3.8, 4) is 0 Å². The van der Waals surface area contributed by atoms with Gasteiger partial charge in [0.2, 0.25) is 0 Å². The third kappa shape index (κ3) is 7.85. The molecule has 0 saturated heterocycles. The van der Waals surface area contributed by atoms with Gasteiger partial charge < -0.3 is 15.4 Å². The summed E-state index contributed by atoms with van der Waals surface area (Å²) in [7, 11) is 0. The van der Waals surface area contributed by atoms with Crippen LogP contribution in [0.4, 0.5) is 4.79 Å². The van der Waals surface area contributed by atoms with Crippen molar-refractivity contribution in [2.45, 2.75) is 32.9 Å². The van der Waals surface area contributed by atoms with Crippen molar-refractivity contribution in [3.05, 3.63) is 34.3 Å². The van der Waals surface area contributed by atoms with Crippen LogP contribution in [0.1, 0.15) is 25.8 Å². The average molecular weight is 329 g/mol. The lowest BCUT2D eigenvalue weighted by Crippen LogP contribution is -2.35. The fourth-order valence-electron chi connectivity index (χ4n) is 1.44. The highest BCUT2D eigenvalue weighted by atomic mass is 79.9. The SMILES string of the molecule is CC(C)OCCCNC(=O)NCc1ccc(Br)cc1. The molecule has 0 saturated carbocycles. The fraction of sp³-hybridized carbons (Fsp3) is 0.500. The molecule has 0 aliphatic heterocycles. The normalized spacial score (nSPS) is 10.5. The van der Waals surface area contributed by atoms with Crippen molar-refractivity contribution < 1.29 is 9.53 Å². The van der Waals surface area contributed by atoms with Crippen LogP contribution in [0.3, 0.4) is 0 Å². The molecule has 2 N–H and O–H groups in total. The number of rotatable bonds is 7. The Kier molecular flexibility index (Phi) is 7.52. The first-order chi connectivity index (χ1) is 9.08. The molecule has 0 radical (unpaired) electrons. The zero-order valence-corrected chi connectivity index (χ0v) is 13.0. The molecule has 0 aromatic heterocycles. The molecule has 0 aliphatic carbocycles. The second-order valence-electron chi connectivity index (χ2n) is 4.51. The maximum atomic E-state index is 11.5. The molecule has 0 atom stereocenters. The van der Waals surface area contributed by atoms with Crippen LogP contribution in [0.5, 0.6) is 0 Å². The maximum absolute atomic E-state index is 11.5. The largest absolute Gasteiger partial charge is 0.379 e. The molecule has 2 amide bonds. The minimum Gasteiger partial charge on any atom is -0.379 e. The highest BCUT2D eigenvalue weighted by molar-refractivity contribution is 9.10. The lowest BCUT2D eigenvalue weighted by molar-refractivity contribution is 0.0774. The van der Waals surface area contributed by atoms with E-state index in [0.29, 0.717) is 19.7 Å². The van der Waals surface area contributed by atoms with E-state index in [9.17, 15) is 4.79 Å². The zero-order chi connectivity index (χ0) is 14.1. The van der Waals surface area contributed by atoms with E-state index in [1.165, 1.54) is 0 Å². The molecule has 0 bridgehead atoms. The number of carbonyl (C=O) groups excluding carboxylic acids is 1. The van der Waals surface area contributed by atoms with Crippen molar-refractivity contribution in [2.75, 3.05) is 13.2 Å². The number of nitrogens with one attached hydrogen (secondary N) is 2. The Morgan fingerprint density at radius 3 is 2.58 bits per heavy atom. The summed E-state index contributed by atoms with van der Waals surface area (Å²) in [5, 5.41) is 5.61. The zero-order valence-electron chi connectivity index (χ0n) is 11.4. The predicted molar refractivity (Wildman–Crippen MR) is 80.1 cm³/mol. The first kappa shape index (κ1) is 16.0. The van der Waals surface area contributed by atoms with E-state index in [2.05, 4.69) is 26.6 Å². The van der Waals surface area contributed by atoms with Crippen molar-refractivity contribution in [1.29, 1.82) is 0 Å². The van der Waals surface area contributed by atoms with Gasteiger partial charge in [0.15, 0.2) is 0 Å². The first-order valence-corrected chi connectivity index (χ1v) is 7.25. The van der Waals surface area contributed by atoms with Crippen LogP contribution in [-0.4, -0.2) is 25.3 Å². The van der Waals surface area contributed by atoms with Gasteiger partial charge in [-0.1, -0.05) is 28.1 Å². The highest BCUT2D eigenvalue weighted by Gasteiger charge is 2.00. The van der Waals surface area contributed by atoms with E-state index in [4.69, 9.17) is 4.74 Å². The Bertz CT molecular complexity index is 380. The van der Waals surface area contributed by atoms with Crippen LogP contribution in [0, 0.1) is 0 Å². The summed E-state index contributed by atoms with van der Waals surface area (Å²) in [6.45, 7) is 5.82. The minimum absolute atomic E-state index is 0.146. The summed E-state index contributed by atoms with van der Waals surface area (Å²) in [6, 6.07) is 7.71. The summed E-state index contributed by atoms with van der Waals surface area (Å²) in [5.41, 5.74) is 1.07. The molecule has 1 aromatic carbocycles. The molecule has 0 aliphatic rings. The number of halogens is 1. The number of hydrogen-bond acceptors (Lipinski definition) is 2. The molecule has 4 nitrogen and oxygen atoms in total. The first-order valence-electron chi connectivity index (χ1n) is 6.45. The van der Waals surface area contributed by atoms with E-state index >= 15 is 0 Å². The third-order valence-electron chi connectivity index (χ3n) is 2.42. The summed E-state index contributed by atoms with van der Waals surface area (Å²) in [6.07, 6.45) is 1.07. The van der Waals surface area contributed by atoms with Gasteiger partial charge in [0, 0.05) is 24.2 Å². The predicted octanol–water partition coefficient (Wildman–Crippen LogP) is 3.06. The van der Waals surface area contributed by atoms with Crippen molar-refractivity contribution in [3.63, 3.8) is 0 Å². The number of carbonyl (C=O) groups is 1. The Labute approximate surface area is 123 Å². The van der Waals surface area contributed by atoms with Gasteiger partial charge in [-0.25, -0.2) is 4.79 Å². The second kappa shape index (κ2) is 8.93. The molecule has 0 heterocycles. The smallest absolute Gasteiger partial charge is 0.315 e. The number of benzene rings is 1. The van der Waals surface area contributed by atoms with E-state index in [0.717, 1.165) is 16.5 Å². The lowest BCUT2D eigenvalue weighted by atomic mass is 10.2. The van der Waals surface area contributed by atoms with Gasteiger partial charge >= 0.3 is 6.03 Å². The lowest BCUT2D eigenvalue weighted by Gasteiger charge is -2.09. The molecular weight excluding hydrogens is 308 g/mol. The second-order valence-corrected chi connectivity index (χ2v) is 5.42. The Hall–Kier alpha value is -1.07. The molecule has 106 valence electrons. The summed E-state index contributed by atoms with van der Waals surface area (Å²) in [4.78, 5) is 11.5. The Morgan fingerprint density at radius 1 is 1.26 bits per heavy atom. The van der Waals surface area contributed by atoms with Gasteiger partial charge in [-0.15, -0.1) is 0 Å². The van der Waals surface area contributed by atoms with Gasteiger partial charge in [0.25, 0.3) is 0 Å². The summed E-state index contributed by atoms with van der Waals surface area (Å²) < 4.78 is 6.42. The number of ether oxygens (including phenoxy) is 1. The molecule has 0 fully saturated rings. The summed E-state index contributed by atoms with van der Waals surface area (Å²) in [5.74, 6) is 0. The van der Waals surface area contributed by atoms with Gasteiger partial charge in [0.05, 0.1) is 6.10 Å². The topological polar surface area (TPSA) is 50.4 Å². The standard InChI is InChI=1S/C14H21BrN2O2/c1-11(2)19-9-3-8-16-14(18)17-10-12-4-6-13(15)7-5-12/h4-7,11H,3,8-10H2,1-2H3,(H2,16,17,18). The van der Waals surface area contributed by atoms with E-state index < -0.39 is 0 Å². The van der Waals surface area contributed by atoms with Gasteiger partial charge in [0.1, 0.15) is 0 Å². The fourth-order valence-corrected chi connectivity index (χ4v) is 1.70. The molecule has 19 heavy (non-hydrogen) atoms. The van der Waals surface area contributed by atoms with E-state index in [-0.39, 0.29) is 12.1 Å². The number of hydrogen-bond donors (Lipinski definition) is 2. The third-order valence-corrected chi connectivity index (χ3v) is 2.95. The quantitative estimate of drug-likeness (QED) is 0.756. The molecule has 0 spiro atoms. The van der Waals surface area contributed by atoms with Gasteiger partial charge in [-0.05, 0) is 38.0 Å². The van der Waals surface area contributed by atoms with Crippen LogP contribution in [-0.2, 0) is 11.3 Å². The molecular formula is C14H21BrN2O2. The molecule has 1 rings (SSSR count). The van der Waals surface area contributed by atoms with Crippen LogP contribution in [0.25, 0.3) is 0 Å². The molecule has 1 aromatic rings. The Morgan fingerprint density at radius 2 is 1.95 bits per heavy atom. The van der Waals surface area contributed by atoms with Gasteiger partial charge in [-0.2, -0.15) is 0 Å². The molecule has 0 unspecified atom stereocenters. The van der Waals surface area contributed by atoms with Crippen LogP contribution in [0.15, 0.2) is 28.7 Å². The van der Waals surface area contributed by atoms with Crippen LogP contribution >= 0.6 is 15.9 Å². The van der Waals surface area contributed by atoms with Crippen LogP contribution < -0.4 is 10.6 Å². The number of amides is 2.